The lowest BCUT2D eigenvalue weighted by Crippen LogP contribution is -2.53. The van der Waals surface area contributed by atoms with Gasteiger partial charge < -0.3 is 9.47 Å². The van der Waals surface area contributed by atoms with E-state index in [1.165, 1.54) is 37.1 Å². The minimum Gasteiger partial charge on any atom is -0.449 e. The highest BCUT2D eigenvalue weighted by molar-refractivity contribution is 6.76. The Bertz CT molecular complexity index is 479. The standard InChI is InChI=1S/C20H40N2O4Si/c1-16(15-17-11-9-8-10-12-17)22(19(24)26-20(2,3)4)21-18(23)25-13-14-27(5,6)7/h16-17H,8-15H2,1-7H3,(H,21,23). The van der Waals surface area contributed by atoms with Crippen molar-refractivity contribution in [3.8, 4) is 0 Å². The van der Waals surface area contributed by atoms with Gasteiger partial charge in [0.2, 0.25) is 0 Å². The molecular weight excluding hydrogens is 360 g/mol. The summed E-state index contributed by atoms with van der Waals surface area (Å²) in [4.78, 5) is 24.9. The molecule has 6 nitrogen and oxygen atoms in total. The highest BCUT2D eigenvalue weighted by Gasteiger charge is 2.30. The van der Waals surface area contributed by atoms with Crippen molar-refractivity contribution in [2.75, 3.05) is 6.61 Å². The predicted molar refractivity (Wildman–Crippen MR) is 111 cm³/mol. The zero-order valence-corrected chi connectivity index (χ0v) is 19.4. The summed E-state index contributed by atoms with van der Waals surface area (Å²) >= 11 is 0. The number of rotatable bonds is 6. The number of amides is 2. The van der Waals surface area contributed by atoms with Crippen molar-refractivity contribution in [1.82, 2.24) is 10.4 Å². The Kier molecular flexibility index (Phi) is 9.11. The van der Waals surface area contributed by atoms with Crippen molar-refractivity contribution in [3.05, 3.63) is 0 Å². The average Bonchev–Trinajstić information content (AvgIpc) is 2.50. The highest BCUT2D eigenvalue weighted by atomic mass is 28.3. The van der Waals surface area contributed by atoms with E-state index in [0.717, 1.165) is 12.5 Å². The van der Waals surface area contributed by atoms with Crippen LogP contribution >= 0.6 is 0 Å². The molecule has 1 aliphatic rings. The first-order chi connectivity index (χ1) is 12.4. The third kappa shape index (κ3) is 10.6. The molecule has 2 amide bonds. The zero-order valence-electron chi connectivity index (χ0n) is 18.4. The molecule has 0 aromatic carbocycles. The van der Waals surface area contributed by atoms with Gasteiger partial charge in [-0.2, -0.15) is 0 Å². The molecule has 1 unspecified atom stereocenters. The molecule has 0 saturated heterocycles. The van der Waals surface area contributed by atoms with Crippen molar-refractivity contribution >= 4 is 20.3 Å². The van der Waals surface area contributed by atoms with E-state index < -0.39 is 25.9 Å². The maximum absolute atomic E-state index is 12.7. The van der Waals surface area contributed by atoms with Gasteiger partial charge in [-0.3, -0.25) is 0 Å². The lowest BCUT2D eigenvalue weighted by Gasteiger charge is -2.34. The lowest BCUT2D eigenvalue weighted by molar-refractivity contribution is -0.000593. The topological polar surface area (TPSA) is 67.9 Å². The van der Waals surface area contributed by atoms with Crippen LogP contribution in [-0.4, -0.2) is 43.5 Å². The van der Waals surface area contributed by atoms with Gasteiger partial charge in [-0.1, -0.05) is 51.7 Å². The summed E-state index contributed by atoms with van der Waals surface area (Å²) in [6.45, 7) is 14.5. The van der Waals surface area contributed by atoms with Crippen LogP contribution in [0.4, 0.5) is 9.59 Å². The minimum atomic E-state index is -1.28. The van der Waals surface area contributed by atoms with Crippen molar-refractivity contribution in [2.24, 2.45) is 5.92 Å². The summed E-state index contributed by atoms with van der Waals surface area (Å²) < 4.78 is 10.8. The molecule has 0 bridgehead atoms. The van der Waals surface area contributed by atoms with E-state index >= 15 is 0 Å². The highest BCUT2D eigenvalue weighted by Crippen LogP contribution is 2.28. The molecule has 1 N–H and O–H groups in total. The number of carbonyl (C=O) groups is 2. The molecule has 0 spiro atoms. The molecular formula is C20H40N2O4Si. The van der Waals surface area contributed by atoms with Gasteiger partial charge >= 0.3 is 12.2 Å². The van der Waals surface area contributed by atoms with Gasteiger partial charge in [-0.15, -0.1) is 0 Å². The Morgan fingerprint density at radius 2 is 1.74 bits per heavy atom. The van der Waals surface area contributed by atoms with Gasteiger partial charge in [0.25, 0.3) is 0 Å². The molecule has 1 fully saturated rings. The summed E-state index contributed by atoms with van der Waals surface area (Å²) in [7, 11) is -1.28. The number of hydrogen-bond acceptors (Lipinski definition) is 4. The Balaban J connectivity index is 2.68. The maximum Gasteiger partial charge on any atom is 0.429 e. The fourth-order valence-corrected chi connectivity index (χ4v) is 3.95. The molecule has 0 aromatic rings. The second-order valence-electron chi connectivity index (χ2n) is 10.00. The van der Waals surface area contributed by atoms with Crippen LogP contribution in [0.25, 0.3) is 0 Å². The molecule has 0 aliphatic heterocycles. The minimum absolute atomic E-state index is 0.146. The van der Waals surface area contributed by atoms with Crippen LogP contribution in [0.1, 0.15) is 66.2 Å². The van der Waals surface area contributed by atoms with E-state index in [1.54, 1.807) is 0 Å². The van der Waals surface area contributed by atoms with Crippen LogP contribution in [-0.2, 0) is 9.47 Å². The SMILES string of the molecule is CC(CC1CCCCC1)N(NC(=O)OCC[Si](C)(C)C)C(=O)OC(C)(C)C. The van der Waals surface area contributed by atoms with E-state index in [1.807, 2.05) is 27.7 Å². The van der Waals surface area contributed by atoms with E-state index in [2.05, 4.69) is 25.1 Å². The molecule has 1 atom stereocenters. The van der Waals surface area contributed by atoms with Crippen LogP contribution in [0.3, 0.4) is 0 Å². The van der Waals surface area contributed by atoms with Crippen LogP contribution < -0.4 is 5.43 Å². The second kappa shape index (κ2) is 10.3. The van der Waals surface area contributed by atoms with E-state index in [-0.39, 0.29) is 6.04 Å². The third-order valence-corrected chi connectivity index (χ3v) is 6.43. The lowest BCUT2D eigenvalue weighted by atomic mass is 9.85. The van der Waals surface area contributed by atoms with Crippen molar-refractivity contribution in [1.29, 1.82) is 0 Å². The first kappa shape index (κ1) is 23.8. The van der Waals surface area contributed by atoms with Crippen molar-refractivity contribution in [2.45, 2.75) is 104 Å². The van der Waals surface area contributed by atoms with E-state index in [0.29, 0.717) is 12.5 Å². The molecule has 1 aliphatic carbocycles. The number of hydrazine groups is 1. The summed E-state index contributed by atoms with van der Waals surface area (Å²) in [5.41, 5.74) is 2.01. The predicted octanol–water partition coefficient (Wildman–Crippen LogP) is 5.56. The molecule has 158 valence electrons. The smallest absolute Gasteiger partial charge is 0.429 e. The summed E-state index contributed by atoms with van der Waals surface area (Å²) in [6.07, 6.45) is 5.89. The van der Waals surface area contributed by atoms with Gasteiger partial charge in [-0.05, 0) is 46.1 Å². The molecule has 0 radical (unpaired) electrons. The van der Waals surface area contributed by atoms with Crippen molar-refractivity contribution < 1.29 is 19.1 Å². The Morgan fingerprint density at radius 1 is 1.15 bits per heavy atom. The monoisotopic (exact) mass is 400 g/mol. The molecule has 7 heteroatoms. The number of carbonyl (C=O) groups excluding carboxylic acids is 2. The quantitative estimate of drug-likeness (QED) is 0.468. The first-order valence-electron chi connectivity index (χ1n) is 10.3. The van der Waals surface area contributed by atoms with Gasteiger partial charge in [0.05, 0.1) is 12.6 Å². The number of hydrogen-bond donors (Lipinski definition) is 1. The van der Waals surface area contributed by atoms with Crippen LogP contribution in [0.2, 0.25) is 25.7 Å². The molecule has 1 rings (SSSR count). The largest absolute Gasteiger partial charge is 0.449 e. The fraction of sp³-hybridized carbons (Fsp3) is 0.900. The Labute approximate surface area is 166 Å². The van der Waals surface area contributed by atoms with Crippen molar-refractivity contribution in [3.63, 3.8) is 0 Å². The van der Waals surface area contributed by atoms with Crippen LogP contribution in [0.5, 0.6) is 0 Å². The summed E-state index contributed by atoms with van der Waals surface area (Å²) in [5.74, 6) is 0.586. The van der Waals surface area contributed by atoms with Crippen LogP contribution in [0, 0.1) is 5.92 Å². The van der Waals surface area contributed by atoms with E-state index in [9.17, 15) is 9.59 Å². The van der Waals surface area contributed by atoms with Gasteiger partial charge in [0.1, 0.15) is 5.60 Å². The molecule has 0 heterocycles. The van der Waals surface area contributed by atoms with Crippen LogP contribution in [0.15, 0.2) is 0 Å². The zero-order chi connectivity index (χ0) is 20.7. The molecule has 0 aromatic heterocycles. The first-order valence-corrected chi connectivity index (χ1v) is 14.0. The number of nitrogens with one attached hydrogen (secondary N) is 1. The van der Waals surface area contributed by atoms with Gasteiger partial charge in [0.15, 0.2) is 0 Å². The molecule has 27 heavy (non-hydrogen) atoms. The summed E-state index contributed by atoms with van der Waals surface area (Å²) in [5, 5.41) is 1.32. The number of nitrogens with zero attached hydrogens (tertiary/aromatic N) is 1. The summed E-state index contributed by atoms with van der Waals surface area (Å²) in [6, 6.07) is 0.747. The Morgan fingerprint density at radius 3 is 2.26 bits per heavy atom. The molecule has 1 saturated carbocycles. The number of ether oxygens (including phenoxy) is 2. The van der Waals surface area contributed by atoms with E-state index in [4.69, 9.17) is 9.47 Å². The average molecular weight is 401 g/mol. The van der Waals surface area contributed by atoms with Gasteiger partial charge in [-0.25, -0.2) is 20.0 Å². The normalized spacial score (nSPS) is 17.1. The third-order valence-electron chi connectivity index (χ3n) is 4.73. The second-order valence-corrected chi connectivity index (χ2v) is 15.6. The Hall–Kier alpha value is -1.24. The maximum atomic E-state index is 12.7. The van der Waals surface area contributed by atoms with Gasteiger partial charge in [0, 0.05) is 8.07 Å². The fourth-order valence-electron chi connectivity index (χ4n) is 3.24.